The Balaban J connectivity index is 2.26. The van der Waals surface area contributed by atoms with Gasteiger partial charge in [-0.05, 0) is 0 Å². The van der Waals surface area contributed by atoms with Crippen molar-refractivity contribution in [1.82, 2.24) is 4.90 Å². The molecule has 1 aliphatic rings. The van der Waals surface area contributed by atoms with Crippen LogP contribution in [0.3, 0.4) is 0 Å². The second-order valence-corrected chi connectivity index (χ2v) is 4.71. The van der Waals surface area contributed by atoms with Crippen LogP contribution < -0.4 is 0 Å². The van der Waals surface area contributed by atoms with E-state index >= 15 is 0 Å². The summed E-state index contributed by atoms with van der Waals surface area (Å²) in [7, 11) is 0. The van der Waals surface area contributed by atoms with E-state index in [0.717, 1.165) is 16.2 Å². The minimum atomic E-state index is -2.76. The van der Waals surface area contributed by atoms with Crippen LogP contribution in [-0.4, -0.2) is 47.7 Å². The van der Waals surface area contributed by atoms with Gasteiger partial charge in [0, 0.05) is 22.9 Å². The number of nitrogens with zero attached hydrogens (tertiary/aromatic N) is 1. The Kier molecular flexibility index (Phi) is 4.11. The third kappa shape index (κ3) is 2.74. The number of carboxylic acid groups (broad SMARTS) is 1. The Bertz CT molecular complexity index is 491. The normalized spacial score (nSPS) is 19.7. The fourth-order valence-electron chi connectivity index (χ4n) is 1.86. The molecule has 0 saturated carbocycles. The maximum Gasteiger partial charge on any atom is 0.328 e. The number of amides is 1. The first-order valence-electron chi connectivity index (χ1n) is 5.48. The largest absolute Gasteiger partial charge is 0.480 e. The van der Waals surface area contributed by atoms with Gasteiger partial charge in [-0.3, -0.25) is 4.79 Å². The minimum Gasteiger partial charge on any atom is -0.480 e. The van der Waals surface area contributed by atoms with Gasteiger partial charge < -0.3 is 14.7 Å². The number of rotatable bonds is 3. The van der Waals surface area contributed by atoms with Gasteiger partial charge in [0.1, 0.15) is 0 Å². The molecule has 8 heteroatoms. The van der Waals surface area contributed by atoms with Crippen molar-refractivity contribution in [3.05, 3.63) is 21.9 Å². The van der Waals surface area contributed by atoms with Crippen molar-refractivity contribution >= 4 is 23.2 Å². The number of hydrogen-bond donors (Lipinski definition) is 1. The molecule has 1 aliphatic heterocycles. The predicted octanol–water partition coefficient (Wildman–Crippen LogP) is 1.61. The molecule has 0 spiro atoms. The fraction of sp³-hybridized carbons (Fsp3) is 0.455. The van der Waals surface area contributed by atoms with Crippen LogP contribution in [0.1, 0.15) is 22.3 Å². The molecule has 1 aromatic rings. The van der Waals surface area contributed by atoms with E-state index in [1.54, 1.807) is 0 Å². The molecular formula is C11H11F2NO4S. The molecular weight excluding hydrogens is 280 g/mol. The summed E-state index contributed by atoms with van der Waals surface area (Å²) in [5.74, 6) is -1.89. The molecule has 2 heterocycles. The molecule has 1 fully saturated rings. The van der Waals surface area contributed by atoms with Gasteiger partial charge in [-0.15, -0.1) is 0 Å². The Morgan fingerprint density at radius 1 is 1.47 bits per heavy atom. The maximum atomic E-state index is 12.7. The molecule has 0 radical (unpaired) electrons. The lowest BCUT2D eigenvalue weighted by molar-refractivity contribution is -0.147. The fourth-order valence-corrected chi connectivity index (χ4v) is 2.67. The number of halogens is 2. The molecule has 5 nitrogen and oxygen atoms in total. The highest BCUT2D eigenvalue weighted by atomic mass is 32.1. The van der Waals surface area contributed by atoms with Crippen LogP contribution in [0, 0.1) is 0 Å². The molecule has 1 aromatic heterocycles. The van der Waals surface area contributed by atoms with Crippen LogP contribution >= 0.6 is 11.3 Å². The summed E-state index contributed by atoms with van der Waals surface area (Å²) in [5.41, 5.74) is -0.487. The van der Waals surface area contributed by atoms with Gasteiger partial charge in [0.2, 0.25) is 0 Å². The number of aliphatic carboxylic acids is 1. The molecule has 1 unspecified atom stereocenters. The molecule has 0 bridgehead atoms. The lowest BCUT2D eigenvalue weighted by Crippen LogP contribution is -2.52. The third-order valence-corrected chi connectivity index (χ3v) is 3.59. The van der Waals surface area contributed by atoms with Crippen molar-refractivity contribution in [1.29, 1.82) is 0 Å². The molecule has 1 N–H and O–H groups in total. The van der Waals surface area contributed by atoms with Gasteiger partial charge in [-0.1, -0.05) is 0 Å². The van der Waals surface area contributed by atoms with E-state index in [1.165, 1.54) is 10.8 Å². The SMILES string of the molecule is O=C(O)C1COCCN1C(=O)c1cscc1C(F)F. The summed E-state index contributed by atoms with van der Waals surface area (Å²) in [5, 5.41) is 11.5. The molecule has 0 aliphatic carbocycles. The van der Waals surface area contributed by atoms with Crippen LogP contribution in [-0.2, 0) is 9.53 Å². The highest BCUT2D eigenvalue weighted by Gasteiger charge is 2.35. The van der Waals surface area contributed by atoms with E-state index < -0.39 is 24.3 Å². The van der Waals surface area contributed by atoms with Gasteiger partial charge in [-0.25, -0.2) is 13.6 Å². The number of morpholine rings is 1. The van der Waals surface area contributed by atoms with Gasteiger partial charge in [0.25, 0.3) is 12.3 Å². The third-order valence-electron chi connectivity index (χ3n) is 2.83. The summed E-state index contributed by atoms with van der Waals surface area (Å²) in [6, 6.07) is -1.13. The number of hydrogen-bond acceptors (Lipinski definition) is 4. The highest BCUT2D eigenvalue weighted by molar-refractivity contribution is 7.08. The van der Waals surface area contributed by atoms with Gasteiger partial charge in [0.15, 0.2) is 6.04 Å². The Hall–Kier alpha value is -1.54. The van der Waals surface area contributed by atoms with Gasteiger partial charge in [0.05, 0.1) is 18.8 Å². The molecule has 19 heavy (non-hydrogen) atoms. The van der Waals surface area contributed by atoms with Crippen LogP contribution in [0.25, 0.3) is 0 Å². The average molecular weight is 291 g/mol. The van der Waals surface area contributed by atoms with E-state index in [-0.39, 0.29) is 30.9 Å². The van der Waals surface area contributed by atoms with Crippen molar-refractivity contribution < 1.29 is 28.2 Å². The summed E-state index contributed by atoms with van der Waals surface area (Å²) in [4.78, 5) is 24.3. The van der Waals surface area contributed by atoms with Crippen molar-refractivity contribution in [2.45, 2.75) is 12.5 Å². The molecule has 2 rings (SSSR count). The maximum absolute atomic E-state index is 12.7. The van der Waals surface area contributed by atoms with Crippen molar-refractivity contribution in [2.24, 2.45) is 0 Å². The summed E-state index contributed by atoms with van der Waals surface area (Å²) >= 11 is 0.990. The summed E-state index contributed by atoms with van der Waals surface area (Å²) in [6.45, 7) is 0.146. The second-order valence-electron chi connectivity index (χ2n) is 3.97. The van der Waals surface area contributed by atoms with Crippen LogP contribution in [0.2, 0.25) is 0 Å². The minimum absolute atomic E-state index is 0.0777. The Morgan fingerprint density at radius 2 is 2.21 bits per heavy atom. The van der Waals surface area contributed by atoms with Crippen LogP contribution in [0.5, 0.6) is 0 Å². The van der Waals surface area contributed by atoms with E-state index in [9.17, 15) is 18.4 Å². The van der Waals surface area contributed by atoms with E-state index in [0.29, 0.717) is 0 Å². The van der Waals surface area contributed by atoms with E-state index in [1.807, 2.05) is 0 Å². The predicted molar refractivity (Wildman–Crippen MR) is 62.6 cm³/mol. The molecule has 1 saturated heterocycles. The van der Waals surface area contributed by atoms with E-state index in [4.69, 9.17) is 9.84 Å². The van der Waals surface area contributed by atoms with E-state index in [2.05, 4.69) is 0 Å². The van der Waals surface area contributed by atoms with Crippen molar-refractivity contribution in [2.75, 3.05) is 19.8 Å². The first-order chi connectivity index (χ1) is 9.02. The molecule has 1 amide bonds. The van der Waals surface area contributed by atoms with Crippen molar-refractivity contribution in [3.63, 3.8) is 0 Å². The highest BCUT2D eigenvalue weighted by Crippen LogP contribution is 2.28. The zero-order chi connectivity index (χ0) is 14.0. The lowest BCUT2D eigenvalue weighted by Gasteiger charge is -2.32. The molecule has 104 valence electrons. The Labute approximate surface area is 111 Å². The summed E-state index contributed by atoms with van der Waals surface area (Å²) in [6.07, 6.45) is -2.76. The summed E-state index contributed by atoms with van der Waals surface area (Å²) < 4.78 is 30.5. The quantitative estimate of drug-likeness (QED) is 0.918. The topological polar surface area (TPSA) is 66.8 Å². The van der Waals surface area contributed by atoms with Gasteiger partial charge >= 0.3 is 5.97 Å². The van der Waals surface area contributed by atoms with Crippen LogP contribution in [0.4, 0.5) is 8.78 Å². The Morgan fingerprint density at radius 3 is 2.84 bits per heavy atom. The number of carboxylic acids is 1. The van der Waals surface area contributed by atoms with Crippen LogP contribution in [0.15, 0.2) is 10.8 Å². The zero-order valence-corrected chi connectivity index (χ0v) is 10.5. The lowest BCUT2D eigenvalue weighted by atomic mass is 10.1. The monoisotopic (exact) mass is 291 g/mol. The number of carbonyl (C=O) groups is 2. The smallest absolute Gasteiger partial charge is 0.328 e. The van der Waals surface area contributed by atoms with Crippen molar-refractivity contribution in [3.8, 4) is 0 Å². The number of ether oxygens (including phenoxy) is 1. The second kappa shape index (κ2) is 5.62. The first kappa shape index (κ1) is 13.9. The average Bonchev–Trinajstić information content (AvgIpc) is 2.87. The number of thiophene rings is 1. The van der Waals surface area contributed by atoms with Gasteiger partial charge in [-0.2, -0.15) is 11.3 Å². The number of carbonyl (C=O) groups excluding carboxylic acids is 1. The molecule has 0 aromatic carbocycles. The number of alkyl halides is 2. The molecule has 1 atom stereocenters. The zero-order valence-electron chi connectivity index (χ0n) is 9.71. The standard InChI is InChI=1S/C11H11F2NO4S/c12-9(13)6-4-19-5-7(6)10(15)14-1-2-18-3-8(14)11(16)17/h4-5,8-9H,1-3H2,(H,16,17). The first-order valence-corrected chi connectivity index (χ1v) is 6.42.